The van der Waals surface area contributed by atoms with Crippen LogP contribution in [0.1, 0.15) is 21.7 Å². The molecule has 2 aromatic rings. The van der Waals surface area contributed by atoms with Gasteiger partial charge in [0.05, 0.1) is 11.3 Å². The standard InChI is InChI=1S/C18H14ClN5O/c1-11-3-2-4-14(23-11)17(25)13-10-22-24-15(6-8-21-18(13)24)12-5-7-20-16(19)9-12/h2-9,22H,10H2,1H3. The van der Waals surface area contributed by atoms with Gasteiger partial charge in [-0.1, -0.05) is 17.7 Å². The zero-order valence-electron chi connectivity index (χ0n) is 13.4. The maximum absolute atomic E-state index is 12.8. The Morgan fingerprint density at radius 1 is 1.32 bits per heavy atom. The zero-order chi connectivity index (χ0) is 17.4. The van der Waals surface area contributed by atoms with Crippen LogP contribution in [0.25, 0.3) is 5.70 Å². The number of carbonyl (C=O) groups excluding carboxylic acids is 1. The van der Waals surface area contributed by atoms with Gasteiger partial charge in [-0.2, -0.15) is 0 Å². The molecule has 0 aromatic carbocycles. The highest BCUT2D eigenvalue weighted by Gasteiger charge is 2.31. The Labute approximate surface area is 149 Å². The third kappa shape index (κ3) is 2.86. The molecule has 4 heterocycles. The van der Waals surface area contributed by atoms with E-state index in [1.807, 2.05) is 31.2 Å². The van der Waals surface area contributed by atoms with Crippen LogP contribution in [0.4, 0.5) is 0 Å². The van der Waals surface area contributed by atoms with Crippen molar-refractivity contribution in [3.05, 3.63) is 76.1 Å². The van der Waals surface area contributed by atoms with Crippen LogP contribution in [0.15, 0.2) is 59.0 Å². The number of aryl methyl sites for hydroxylation is 1. The average molecular weight is 352 g/mol. The maximum Gasteiger partial charge on any atom is 0.212 e. The monoisotopic (exact) mass is 351 g/mol. The topological polar surface area (TPSA) is 70.5 Å². The minimum absolute atomic E-state index is 0.125. The Balaban J connectivity index is 1.71. The Bertz CT molecular complexity index is 963. The average Bonchev–Trinajstić information content (AvgIpc) is 3.05. The lowest BCUT2D eigenvalue weighted by atomic mass is 10.1. The molecule has 2 aliphatic rings. The normalized spacial score (nSPS) is 16.1. The maximum atomic E-state index is 12.8. The lowest BCUT2D eigenvalue weighted by Crippen LogP contribution is -2.31. The predicted octanol–water partition coefficient (Wildman–Crippen LogP) is 2.78. The Kier molecular flexibility index (Phi) is 3.91. The smallest absolute Gasteiger partial charge is 0.212 e. The second-order valence-electron chi connectivity index (χ2n) is 5.66. The van der Waals surface area contributed by atoms with Gasteiger partial charge in [-0.3, -0.25) is 9.80 Å². The number of nitrogens with one attached hydrogen (secondary N) is 1. The summed E-state index contributed by atoms with van der Waals surface area (Å²) in [4.78, 5) is 25.5. The highest BCUT2D eigenvalue weighted by Crippen LogP contribution is 2.31. The molecule has 0 atom stereocenters. The lowest BCUT2D eigenvalue weighted by molar-refractivity contribution is 0.102. The first-order valence-electron chi connectivity index (χ1n) is 7.75. The van der Waals surface area contributed by atoms with E-state index in [0.717, 1.165) is 17.0 Å². The Morgan fingerprint density at radius 3 is 3.00 bits per heavy atom. The number of carbonyl (C=O) groups is 1. The molecule has 4 rings (SSSR count). The third-order valence-electron chi connectivity index (χ3n) is 3.98. The molecule has 0 saturated heterocycles. The molecular formula is C18H14ClN5O. The number of hydrogen-bond acceptors (Lipinski definition) is 6. The number of aliphatic imine (C=N–C) groups is 1. The molecule has 0 radical (unpaired) electrons. The number of ketones is 1. The lowest BCUT2D eigenvalue weighted by Gasteiger charge is -2.25. The summed E-state index contributed by atoms with van der Waals surface area (Å²) in [5.41, 5.74) is 6.76. The van der Waals surface area contributed by atoms with Gasteiger partial charge in [-0.15, -0.1) is 0 Å². The van der Waals surface area contributed by atoms with Gasteiger partial charge in [-0.05, 0) is 37.3 Å². The van der Waals surface area contributed by atoms with E-state index < -0.39 is 0 Å². The number of fused-ring (bicyclic) bond motifs is 1. The summed E-state index contributed by atoms with van der Waals surface area (Å²) in [6.07, 6.45) is 5.19. The van der Waals surface area contributed by atoms with E-state index in [9.17, 15) is 4.79 Å². The molecule has 0 saturated carbocycles. The second kappa shape index (κ2) is 6.23. The van der Waals surface area contributed by atoms with Crippen LogP contribution in [0, 0.1) is 6.92 Å². The van der Waals surface area contributed by atoms with Crippen LogP contribution >= 0.6 is 11.6 Å². The Morgan fingerprint density at radius 2 is 2.20 bits per heavy atom. The summed E-state index contributed by atoms with van der Waals surface area (Å²) >= 11 is 6.00. The second-order valence-corrected chi connectivity index (χ2v) is 6.05. The van der Waals surface area contributed by atoms with Crippen molar-refractivity contribution in [2.75, 3.05) is 6.54 Å². The molecule has 6 nitrogen and oxygen atoms in total. The summed E-state index contributed by atoms with van der Waals surface area (Å²) < 4.78 is 0. The first kappa shape index (κ1) is 15.7. The van der Waals surface area contributed by atoms with Crippen LogP contribution < -0.4 is 5.43 Å². The molecule has 0 aliphatic carbocycles. The number of halogens is 1. The highest BCUT2D eigenvalue weighted by molar-refractivity contribution is 6.29. The first-order chi connectivity index (χ1) is 12.1. The zero-order valence-corrected chi connectivity index (χ0v) is 14.2. The van der Waals surface area contributed by atoms with Gasteiger partial charge in [0.1, 0.15) is 10.8 Å². The van der Waals surface area contributed by atoms with Gasteiger partial charge < -0.3 is 0 Å². The van der Waals surface area contributed by atoms with Gasteiger partial charge in [-0.25, -0.2) is 20.4 Å². The molecule has 1 N–H and O–H groups in total. The third-order valence-corrected chi connectivity index (χ3v) is 4.19. The molecule has 25 heavy (non-hydrogen) atoms. The van der Waals surface area contributed by atoms with Crippen molar-refractivity contribution in [1.29, 1.82) is 0 Å². The van der Waals surface area contributed by atoms with Gasteiger partial charge in [0.25, 0.3) is 0 Å². The summed E-state index contributed by atoms with van der Waals surface area (Å²) in [6.45, 7) is 2.25. The number of allylic oxidation sites excluding steroid dienone is 1. The summed E-state index contributed by atoms with van der Waals surface area (Å²) in [5, 5.41) is 2.21. The van der Waals surface area contributed by atoms with Gasteiger partial charge in [0.2, 0.25) is 5.78 Å². The molecular weight excluding hydrogens is 338 g/mol. The van der Waals surface area contributed by atoms with Crippen molar-refractivity contribution in [2.45, 2.75) is 6.92 Å². The van der Waals surface area contributed by atoms with Gasteiger partial charge >= 0.3 is 0 Å². The molecule has 0 spiro atoms. The van der Waals surface area contributed by atoms with E-state index in [0.29, 0.717) is 28.8 Å². The number of pyridine rings is 2. The van der Waals surface area contributed by atoms with Crippen LogP contribution in [0.5, 0.6) is 0 Å². The van der Waals surface area contributed by atoms with Crippen molar-refractivity contribution in [3.63, 3.8) is 0 Å². The van der Waals surface area contributed by atoms with Crippen molar-refractivity contribution >= 4 is 29.3 Å². The quantitative estimate of drug-likeness (QED) is 0.680. The molecule has 0 amide bonds. The number of rotatable bonds is 3. The van der Waals surface area contributed by atoms with Gasteiger partial charge in [0.15, 0.2) is 5.82 Å². The van der Waals surface area contributed by atoms with Crippen LogP contribution in [0.3, 0.4) is 0 Å². The molecule has 2 aliphatic heterocycles. The van der Waals surface area contributed by atoms with E-state index in [1.165, 1.54) is 0 Å². The first-order valence-corrected chi connectivity index (χ1v) is 8.13. The van der Waals surface area contributed by atoms with Crippen LogP contribution in [-0.2, 0) is 0 Å². The van der Waals surface area contributed by atoms with E-state index in [2.05, 4.69) is 20.4 Å². The van der Waals surface area contributed by atoms with Crippen molar-refractivity contribution < 1.29 is 4.79 Å². The highest BCUT2D eigenvalue weighted by atomic mass is 35.5. The largest absolute Gasteiger partial charge is 0.287 e. The van der Waals surface area contributed by atoms with Crippen molar-refractivity contribution in [3.8, 4) is 0 Å². The number of Topliss-reactive ketones (excluding diaryl/α,β-unsaturated/α-hetero) is 1. The minimum Gasteiger partial charge on any atom is -0.287 e. The van der Waals surface area contributed by atoms with E-state index in [-0.39, 0.29) is 5.78 Å². The SMILES string of the molecule is Cc1cccc(C(=O)C2=C3N=CC=C(c4ccnc(Cl)c4)N3NC2)n1. The summed E-state index contributed by atoms with van der Waals surface area (Å²) in [5.74, 6) is 0.457. The predicted molar refractivity (Wildman–Crippen MR) is 95.9 cm³/mol. The van der Waals surface area contributed by atoms with Crippen molar-refractivity contribution in [2.24, 2.45) is 4.99 Å². The fourth-order valence-corrected chi connectivity index (χ4v) is 3.00. The molecule has 2 aromatic heterocycles. The molecule has 0 unspecified atom stereocenters. The number of nitrogens with zero attached hydrogens (tertiary/aromatic N) is 4. The fourth-order valence-electron chi connectivity index (χ4n) is 2.83. The van der Waals surface area contributed by atoms with Crippen LogP contribution in [-0.4, -0.2) is 33.5 Å². The number of hydrazine groups is 1. The Hall–Kier alpha value is -2.83. The minimum atomic E-state index is -0.125. The number of aromatic nitrogens is 2. The van der Waals surface area contributed by atoms with E-state index >= 15 is 0 Å². The van der Waals surface area contributed by atoms with E-state index in [4.69, 9.17) is 11.6 Å². The molecule has 0 bridgehead atoms. The fraction of sp³-hybridized carbons (Fsp3) is 0.111. The summed E-state index contributed by atoms with van der Waals surface area (Å²) in [6, 6.07) is 9.04. The van der Waals surface area contributed by atoms with E-state index in [1.54, 1.807) is 29.6 Å². The molecule has 7 heteroatoms. The molecule has 0 fully saturated rings. The van der Waals surface area contributed by atoms with Crippen LogP contribution in [0.2, 0.25) is 5.15 Å². The summed E-state index contributed by atoms with van der Waals surface area (Å²) in [7, 11) is 0. The molecule has 124 valence electrons. The van der Waals surface area contributed by atoms with Crippen molar-refractivity contribution in [1.82, 2.24) is 20.4 Å². The van der Waals surface area contributed by atoms with Gasteiger partial charge in [0, 0.05) is 30.2 Å². The number of hydrogen-bond donors (Lipinski definition) is 1.